The summed E-state index contributed by atoms with van der Waals surface area (Å²) >= 11 is 0. The zero-order chi connectivity index (χ0) is 34.4. The van der Waals surface area contributed by atoms with E-state index >= 15 is 0 Å². The average molecular weight is 660 g/mol. The Morgan fingerprint density at radius 3 is 2.26 bits per heavy atom. The summed E-state index contributed by atoms with van der Waals surface area (Å²) in [6.07, 6.45) is -7.15. The third-order valence-corrected chi connectivity index (χ3v) is 8.93. The minimum absolute atomic E-state index is 0.0875. The van der Waals surface area contributed by atoms with Gasteiger partial charge in [-0.1, -0.05) is 39.7 Å². The number of carboxylic acids is 1. The second-order valence-corrected chi connectivity index (χ2v) is 13.2. The highest BCUT2D eigenvalue weighted by Crippen LogP contribution is 2.53. The van der Waals surface area contributed by atoms with Crippen LogP contribution in [0.1, 0.15) is 63.6 Å². The molecule has 1 saturated carbocycles. The molecule has 9 nitrogen and oxygen atoms in total. The molecule has 1 aliphatic heterocycles. The molecule has 2 N–H and O–H groups in total. The summed E-state index contributed by atoms with van der Waals surface area (Å²) in [6, 6.07) is -0.131. The van der Waals surface area contributed by atoms with Crippen molar-refractivity contribution in [3.8, 4) is 5.88 Å². The van der Waals surface area contributed by atoms with Gasteiger partial charge in [0.05, 0.1) is 36.4 Å². The van der Waals surface area contributed by atoms with E-state index in [0.29, 0.717) is 24.0 Å². The van der Waals surface area contributed by atoms with Gasteiger partial charge in [-0.05, 0) is 30.4 Å². The van der Waals surface area contributed by atoms with Crippen molar-refractivity contribution >= 4 is 23.4 Å². The van der Waals surface area contributed by atoms with Gasteiger partial charge >= 0.3 is 18.3 Å². The Hall–Kier alpha value is -3.78. The lowest BCUT2D eigenvalue weighted by Gasteiger charge is -2.39. The van der Waals surface area contributed by atoms with Crippen molar-refractivity contribution < 1.29 is 45.8 Å². The van der Waals surface area contributed by atoms with Crippen LogP contribution in [0.3, 0.4) is 0 Å². The number of carbonyl (C=O) groups is 2. The highest BCUT2D eigenvalue weighted by atomic mass is 19.4. The molecule has 2 aromatic heterocycles. The third-order valence-electron chi connectivity index (χ3n) is 8.93. The number of hydrogen-bond donors (Lipinski definition) is 2. The molecular formula is C31H39F6N5O4. The van der Waals surface area contributed by atoms with Crippen molar-refractivity contribution in [3.63, 3.8) is 0 Å². The number of carboxylic acid groups (broad SMARTS) is 1. The molecule has 15 heteroatoms. The molecule has 0 unspecified atom stereocenters. The fourth-order valence-corrected chi connectivity index (χ4v) is 7.06. The van der Waals surface area contributed by atoms with Crippen LogP contribution in [0, 0.1) is 23.2 Å². The maximum absolute atomic E-state index is 14.5. The first-order valence-corrected chi connectivity index (χ1v) is 14.9. The molecule has 2 aromatic rings. The summed E-state index contributed by atoms with van der Waals surface area (Å²) in [5.74, 6) is -6.88. The number of carbonyl (C=O) groups excluding carboxylic acids is 1. The number of likely N-dealkylation sites (tertiary alicyclic amines) is 1. The van der Waals surface area contributed by atoms with Crippen molar-refractivity contribution in [2.75, 3.05) is 31.4 Å². The smallest absolute Gasteiger partial charge is 0.417 e. The molecule has 3 heterocycles. The van der Waals surface area contributed by atoms with Crippen LogP contribution in [0.5, 0.6) is 5.88 Å². The first kappa shape index (κ1) is 35.1. The fourth-order valence-electron chi connectivity index (χ4n) is 7.06. The van der Waals surface area contributed by atoms with Gasteiger partial charge in [0.15, 0.2) is 0 Å². The zero-order valence-corrected chi connectivity index (χ0v) is 26.4. The van der Waals surface area contributed by atoms with Crippen molar-refractivity contribution in [1.29, 1.82) is 0 Å². The Labute approximate surface area is 263 Å². The third kappa shape index (κ3) is 6.82. The van der Waals surface area contributed by atoms with Gasteiger partial charge < -0.3 is 25.0 Å². The maximum atomic E-state index is 14.5. The van der Waals surface area contributed by atoms with Crippen molar-refractivity contribution in [2.24, 2.45) is 23.2 Å². The Bertz CT molecular complexity index is 1430. The molecule has 2 aliphatic rings. The lowest BCUT2D eigenvalue weighted by Crippen LogP contribution is -2.51. The van der Waals surface area contributed by atoms with E-state index in [4.69, 9.17) is 4.74 Å². The highest BCUT2D eigenvalue weighted by molar-refractivity contribution is 5.88. The predicted octanol–water partition coefficient (Wildman–Crippen LogP) is 6.42. The quantitative estimate of drug-likeness (QED) is 0.328. The minimum atomic E-state index is -4.78. The molecule has 0 bridgehead atoms. The second kappa shape index (κ2) is 12.8. The number of aromatic nitrogens is 2. The van der Waals surface area contributed by atoms with E-state index in [1.54, 1.807) is 51.9 Å². The molecule has 1 saturated heterocycles. The number of methoxy groups -OCH3 is 1. The standard InChI is InChI=1S/C31H39F6N5O4/c1-29(2,3)21-22(40-20-14-16(30(32,33)34)15-39-26(20)46-6)23(18-11-9-13-38-25(18)41(4)5)42(24(21)28(44)45)27(43)17-10-7-8-12-19(17)31(35,36)37/h9,11,13-15,17,19,21-24,40H,7-8,10,12H2,1-6H3,(H,44,45)/t17-,19-,21+,22+,23+,24+/m1/s1. The number of halogens is 6. The average Bonchev–Trinajstić information content (AvgIpc) is 3.31. The first-order valence-electron chi connectivity index (χ1n) is 14.9. The van der Waals surface area contributed by atoms with E-state index in [0.717, 1.165) is 11.0 Å². The van der Waals surface area contributed by atoms with Gasteiger partial charge in [-0.2, -0.15) is 26.3 Å². The van der Waals surface area contributed by atoms with E-state index in [-0.39, 0.29) is 30.8 Å². The van der Waals surface area contributed by atoms with E-state index in [1.807, 2.05) is 0 Å². The molecule has 6 atom stereocenters. The van der Waals surface area contributed by atoms with Gasteiger partial charge in [-0.3, -0.25) is 4.79 Å². The maximum Gasteiger partial charge on any atom is 0.417 e. The van der Waals surface area contributed by atoms with E-state index in [1.165, 1.54) is 13.3 Å². The highest BCUT2D eigenvalue weighted by Gasteiger charge is 2.61. The molecule has 2 fully saturated rings. The summed E-state index contributed by atoms with van der Waals surface area (Å²) in [6.45, 7) is 5.14. The molecular weight excluding hydrogens is 620 g/mol. The summed E-state index contributed by atoms with van der Waals surface area (Å²) in [5.41, 5.74) is -1.95. The first-order chi connectivity index (χ1) is 21.3. The number of anilines is 2. The fraction of sp³-hybridized carbons (Fsp3) is 0.613. The number of pyridine rings is 2. The number of nitrogens with one attached hydrogen (secondary N) is 1. The Balaban J connectivity index is 2.01. The molecule has 0 spiro atoms. The van der Waals surface area contributed by atoms with Crippen molar-refractivity contribution in [1.82, 2.24) is 14.9 Å². The summed E-state index contributed by atoms with van der Waals surface area (Å²) in [4.78, 5) is 38.6. The monoisotopic (exact) mass is 659 g/mol. The van der Waals surface area contributed by atoms with Crippen LogP contribution >= 0.6 is 0 Å². The van der Waals surface area contributed by atoms with E-state index in [9.17, 15) is 41.0 Å². The van der Waals surface area contributed by atoms with Crippen LogP contribution in [0.2, 0.25) is 0 Å². The summed E-state index contributed by atoms with van der Waals surface area (Å²) < 4.78 is 89.6. The molecule has 0 radical (unpaired) electrons. The van der Waals surface area contributed by atoms with E-state index in [2.05, 4.69) is 15.3 Å². The van der Waals surface area contributed by atoms with Crippen LogP contribution in [-0.4, -0.2) is 71.3 Å². The second-order valence-electron chi connectivity index (χ2n) is 13.2. The molecule has 1 aliphatic carbocycles. The van der Waals surface area contributed by atoms with Crippen LogP contribution in [0.15, 0.2) is 30.6 Å². The van der Waals surface area contributed by atoms with Crippen LogP contribution in [-0.2, 0) is 15.8 Å². The van der Waals surface area contributed by atoms with Gasteiger partial charge in [-0.15, -0.1) is 0 Å². The minimum Gasteiger partial charge on any atom is -0.480 e. The number of nitrogens with zero attached hydrogens (tertiary/aromatic N) is 4. The lowest BCUT2D eigenvalue weighted by atomic mass is 9.72. The largest absolute Gasteiger partial charge is 0.480 e. The number of amides is 1. The van der Waals surface area contributed by atoms with E-state index < -0.39 is 71.1 Å². The number of alkyl halides is 6. The molecule has 0 aromatic carbocycles. The van der Waals surface area contributed by atoms with Gasteiger partial charge in [0.1, 0.15) is 11.9 Å². The number of aliphatic carboxylic acids is 1. The number of rotatable bonds is 7. The van der Waals surface area contributed by atoms with Crippen molar-refractivity contribution in [2.45, 2.75) is 76.9 Å². The zero-order valence-electron chi connectivity index (χ0n) is 26.4. The summed E-state index contributed by atoms with van der Waals surface area (Å²) in [7, 11) is 4.52. The lowest BCUT2D eigenvalue weighted by molar-refractivity contribution is -0.202. The van der Waals surface area contributed by atoms with Crippen LogP contribution in [0.25, 0.3) is 0 Å². The van der Waals surface area contributed by atoms with Gasteiger partial charge in [0.2, 0.25) is 11.8 Å². The molecule has 46 heavy (non-hydrogen) atoms. The Kier molecular flexibility index (Phi) is 9.75. The topological polar surface area (TPSA) is 108 Å². The predicted molar refractivity (Wildman–Crippen MR) is 157 cm³/mol. The van der Waals surface area contributed by atoms with Crippen LogP contribution < -0.4 is 15.0 Å². The summed E-state index contributed by atoms with van der Waals surface area (Å²) in [5, 5.41) is 13.8. The number of hydrogen-bond acceptors (Lipinski definition) is 7. The van der Waals surface area contributed by atoms with Crippen molar-refractivity contribution in [3.05, 3.63) is 41.7 Å². The Morgan fingerprint density at radius 1 is 1.07 bits per heavy atom. The number of ether oxygens (including phenoxy) is 1. The van der Waals surface area contributed by atoms with Crippen LogP contribution in [0.4, 0.5) is 37.8 Å². The Morgan fingerprint density at radius 2 is 1.72 bits per heavy atom. The normalized spacial score (nSPS) is 25.7. The molecule has 254 valence electrons. The van der Waals surface area contributed by atoms with Gasteiger partial charge in [-0.25, -0.2) is 14.8 Å². The molecule has 4 rings (SSSR count). The van der Waals surface area contributed by atoms with Gasteiger partial charge in [0.25, 0.3) is 0 Å². The SMILES string of the molecule is COc1ncc(C(F)(F)F)cc1N[C@H]1[C@H](C(C)(C)C)[C@@H](C(=O)O)N(C(=O)[C@@H]2CCCC[C@H]2C(F)(F)F)[C@H]1c1cccnc1N(C)C. The van der Waals surface area contributed by atoms with Gasteiger partial charge in [0, 0.05) is 43.9 Å². The molecule has 1 amide bonds.